The van der Waals surface area contributed by atoms with Gasteiger partial charge in [0.25, 0.3) is 17.7 Å². The van der Waals surface area contributed by atoms with E-state index in [1.807, 2.05) is 19.1 Å². The number of carbonyl (C=O) groups is 4. The van der Waals surface area contributed by atoms with E-state index in [0.717, 1.165) is 5.56 Å². The summed E-state index contributed by atoms with van der Waals surface area (Å²) >= 11 is 1.20. The van der Waals surface area contributed by atoms with E-state index in [2.05, 4.69) is 10.6 Å². The molecule has 136 valence electrons. The molecule has 2 rings (SSSR count). The van der Waals surface area contributed by atoms with Gasteiger partial charge in [-0.2, -0.15) is 0 Å². The second-order valence-electron chi connectivity index (χ2n) is 5.34. The van der Waals surface area contributed by atoms with Crippen molar-refractivity contribution >= 4 is 35.0 Å². The number of imide groups is 1. The molecule has 1 heterocycles. The number of hydrogen-bond donors (Lipinski definition) is 2. The van der Waals surface area contributed by atoms with E-state index < -0.39 is 24.4 Å². The highest BCUT2D eigenvalue weighted by Crippen LogP contribution is 2.08. The second-order valence-corrected chi connectivity index (χ2v) is 6.28. The highest BCUT2D eigenvalue weighted by atomic mass is 32.1. The molecule has 0 atom stereocenters. The van der Waals surface area contributed by atoms with Crippen molar-refractivity contribution < 1.29 is 23.9 Å². The van der Waals surface area contributed by atoms with Crippen LogP contribution in [0.5, 0.6) is 0 Å². The molecular formula is C18H18N2O5S. The third-order valence-electron chi connectivity index (χ3n) is 3.37. The van der Waals surface area contributed by atoms with Gasteiger partial charge < -0.3 is 10.1 Å². The number of nitrogens with one attached hydrogen (secondary N) is 2. The molecule has 2 N–H and O–H groups in total. The number of benzene rings is 1. The zero-order valence-corrected chi connectivity index (χ0v) is 14.9. The molecule has 0 unspecified atom stereocenters. The number of amides is 3. The van der Waals surface area contributed by atoms with Crippen molar-refractivity contribution in [1.82, 2.24) is 10.6 Å². The van der Waals surface area contributed by atoms with Gasteiger partial charge in [-0.25, -0.2) is 0 Å². The third-order valence-corrected chi connectivity index (χ3v) is 4.24. The topological polar surface area (TPSA) is 102 Å². The smallest absolute Gasteiger partial charge is 0.308 e. The Labute approximate surface area is 154 Å². The van der Waals surface area contributed by atoms with Crippen molar-refractivity contribution in [1.29, 1.82) is 0 Å². The van der Waals surface area contributed by atoms with Crippen LogP contribution in [0.4, 0.5) is 0 Å². The van der Waals surface area contributed by atoms with Crippen LogP contribution in [-0.2, 0) is 14.3 Å². The maximum absolute atomic E-state index is 12.0. The van der Waals surface area contributed by atoms with Gasteiger partial charge in [-0.1, -0.05) is 24.3 Å². The highest BCUT2D eigenvalue weighted by molar-refractivity contribution is 7.12. The number of carbonyl (C=O) groups excluding carboxylic acids is 4. The largest absolute Gasteiger partial charge is 0.456 e. The van der Waals surface area contributed by atoms with Gasteiger partial charge in [0.2, 0.25) is 0 Å². The average Bonchev–Trinajstić information content (AvgIpc) is 3.15. The summed E-state index contributed by atoms with van der Waals surface area (Å²) in [7, 11) is 0. The molecular weight excluding hydrogens is 356 g/mol. The second kappa shape index (κ2) is 9.47. The number of rotatable bonds is 7. The summed E-state index contributed by atoms with van der Waals surface area (Å²) in [5.74, 6) is -2.17. The third kappa shape index (κ3) is 5.82. The van der Waals surface area contributed by atoms with Crippen molar-refractivity contribution in [2.75, 3.05) is 13.2 Å². The van der Waals surface area contributed by atoms with Crippen LogP contribution < -0.4 is 10.6 Å². The molecule has 0 saturated carbocycles. The van der Waals surface area contributed by atoms with Gasteiger partial charge in [0.15, 0.2) is 6.61 Å². The SMILES string of the molecule is Cc1ccccc1C(=O)NCCC(=O)OCC(=O)NC(=O)c1cccs1. The molecule has 7 nitrogen and oxygen atoms in total. The van der Waals surface area contributed by atoms with Gasteiger partial charge in [0, 0.05) is 12.1 Å². The van der Waals surface area contributed by atoms with Gasteiger partial charge >= 0.3 is 5.97 Å². The van der Waals surface area contributed by atoms with Crippen LogP contribution >= 0.6 is 11.3 Å². The van der Waals surface area contributed by atoms with Gasteiger partial charge in [-0.05, 0) is 30.0 Å². The maximum atomic E-state index is 12.0. The summed E-state index contributed by atoms with van der Waals surface area (Å²) in [6.45, 7) is 1.35. The predicted octanol–water partition coefficient (Wildman–Crippen LogP) is 1.68. The molecule has 0 spiro atoms. The first-order valence-corrected chi connectivity index (χ1v) is 8.72. The van der Waals surface area contributed by atoms with Crippen LogP contribution in [0.3, 0.4) is 0 Å². The van der Waals surface area contributed by atoms with Crippen molar-refractivity contribution in [3.63, 3.8) is 0 Å². The molecule has 0 saturated heterocycles. The number of esters is 1. The Morgan fingerprint density at radius 3 is 2.50 bits per heavy atom. The lowest BCUT2D eigenvalue weighted by Crippen LogP contribution is -2.34. The summed E-state index contributed by atoms with van der Waals surface area (Å²) < 4.78 is 4.78. The van der Waals surface area contributed by atoms with Crippen molar-refractivity contribution in [3.05, 3.63) is 57.8 Å². The summed E-state index contributed by atoms with van der Waals surface area (Å²) in [6, 6.07) is 10.4. The summed E-state index contributed by atoms with van der Waals surface area (Å²) in [4.78, 5) is 47.2. The average molecular weight is 374 g/mol. The maximum Gasteiger partial charge on any atom is 0.308 e. The Balaban J connectivity index is 1.66. The lowest BCUT2D eigenvalue weighted by Gasteiger charge is -2.08. The molecule has 0 aliphatic heterocycles. The number of aryl methyl sites for hydroxylation is 1. The molecule has 0 aliphatic carbocycles. The first-order valence-electron chi connectivity index (χ1n) is 7.84. The van der Waals surface area contributed by atoms with Crippen LogP contribution in [0.15, 0.2) is 41.8 Å². The quantitative estimate of drug-likeness (QED) is 0.718. The zero-order chi connectivity index (χ0) is 18.9. The summed E-state index contributed by atoms with van der Waals surface area (Å²) in [5, 5.41) is 6.45. The summed E-state index contributed by atoms with van der Waals surface area (Å²) in [6.07, 6.45) is -0.0796. The molecule has 26 heavy (non-hydrogen) atoms. The van der Waals surface area contributed by atoms with E-state index in [4.69, 9.17) is 4.74 Å². The Hall–Kier alpha value is -3.00. The summed E-state index contributed by atoms with van der Waals surface area (Å²) in [5.41, 5.74) is 1.37. The molecule has 1 aromatic heterocycles. The number of ether oxygens (including phenoxy) is 1. The van der Waals surface area contributed by atoms with E-state index in [9.17, 15) is 19.2 Å². The Kier molecular flexibility index (Phi) is 7.04. The molecule has 0 aliphatic rings. The Morgan fingerprint density at radius 1 is 1.04 bits per heavy atom. The van der Waals surface area contributed by atoms with E-state index in [-0.39, 0.29) is 18.9 Å². The van der Waals surface area contributed by atoms with E-state index in [1.165, 1.54) is 11.3 Å². The minimum Gasteiger partial charge on any atom is -0.456 e. The van der Waals surface area contributed by atoms with Crippen LogP contribution in [-0.4, -0.2) is 36.8 Å². The van der Waals surface area contributed by atoms with Crippen molar-refractivity contribution in [2.45, 2.75) is 13.3 Å². The van der Waals surface area contributed by atoms with E-state index in [1.54, 1.807) is 29.6 Å². The van der Waals surface area contributed by atoms with Gasteiger partial charge in [-0.3, -0.25) is 24.5 Å². The molecule has 0 radical (unpaired) electrons. The Morgan fingerprint density at radius 2 is 1.81 bits per heavy atom. The lowest BCUT2D eigenvalue weighted by atomic mass is 10.1. The predicted molar refractivity (Wildman–Crippen MR) is 95.9 cm³/mol. The standard InChI is InChI=1S/C18H18N2O5S/c1-12-5-2-3-6-13(12)17(23)19-9-8-16(22)25-11-15(21)20-18(24)14-7-4-10-26-14/h2-7,10H,8-9,11H2,1H3,(H,19,23)(H,20,21,24). The van der Waals surface area contributed by atoms with Crippen molar-refractivity contribution in [3.8, 4) is 0 Å². The van der Waals surface area contributed by atoms with Gasteiger partial charge in [-0.15, -0.1) is 11.3 Å². The first kappa shape index (κ1) is 19.3. The van der Waals surface area contributed by atoms with Crippen LogP contribution in [0.2, 0.25) is 0 Å². The minimum atomic E-state index is -0.708. The first-order chi connectivity index (χ1) is 12.5. The molecule has 2 aromatic rings. The normalized spacial score (nSPS) is 10.0. The fourth-order valence-electron chi connectivity index (χ4n) is 2.05. The van der Waals surface area contributed by atoms with E-state index >= 15 is 0 Å². The number of hydrogen-bond acceptors (Lipinski definition) is 6. The van der Waals surface area contributed by atoms with Crippen LogP contribution in [0.1, 0.15) is 32.0 Å². The van der Waals surface area contributed by atoms with Crippen LogP contribution in [0, 0.1) is 6.92 Å². The molecule has 0 fully saturated rings. The van der Waals surface area contributed by atoms with E-state index in [0.29, 0.717) is 10.4 Å². The molecule has 8 heteroatoms. The highest BCUT2D eigenvalue weighted by Gasteiger charge is 2.14. The fraction of sp³-hybridized carbons (Fsp3) is 0.222. The molecule has 0 bridgehead atoms. The molecule has 3 amide bonds. The van der Waals surface area contributed by atoms with Crippen molar-refractivity contribution in [2.24, 2.45) is 0 Å². The minimum absolute atomic E-state index is 0.0796. The van der Waals surface area contributed by atoms with Gasteiger partial charge in [0.05, 0.1) is 11.3 Å². The Bertz CT molecular complexity index is 802. The molecule has 1 aromatic carbocycles. The fourth-order valence-corrected chi connectivity index (χ4v) is 2.67. The monoisotopic (exact) mass is 374 g/mol. The zero-order valence-electron chi connectivity index (χ0n) is 14.1. The number of thiophene rings is 1. The van der Waals surface area contributed by atoms with Gasteiger partial charge in [0.1, 0.15) is 0 Å². The van der Waals surface area contributed by atoms with Crippen LogP contribution in [0.25, 0.3) is 0 Å². The lowest BCUT2D eigenvalue weighted by molar-refractivity contribution is -0.148.